The number of anilines is 1. The van der Waals surface area contributed by atoms with Crippen molar-refractivity contribution in [3.8, 4) is 16.9 Å². The van der Waals surface area contributed by atoms with Crippen LogP contribution in [-0.4, -0.2) is 36.2 Å². The number of benzene rings is 2. The molecule has 2 aliphatic carbocycles. The first-order valence-electron chi connectivity index (χ1n) is 11.8. The quantitative estimate of drug-likeness (QED) is 0.350. The lowest BCUT2D eigenvalue weighted by atomic mass is 10.1. The fourth-order valence-electron chi connectivity index (χ4n) is 4.09. The molecule has 2 saturated carbocycles. The molecule has 2 aromatic heterocycles. The highest BCUT2D eigenvalue weighted by Crippen LogP contribution is 2.46. The highest BCUT2D eigenvalue weighted by atomic mass is 32.2. The zero-order valence-corrected chi connectivity index (χ0v) is 19.8. The Labute approximate surface area is 202 Å². The third-order valence-corrected chi connectivity index (χ3v) is 7.15. The molecule has 0 unspecified atom stereocenters. The van der Waals surface area contributed by atoms with Gasteiger partial charge in [0.1, 0.15) is 11.6 Å². The van der Waals surface area contributed by atoms with E-state index < -0.39 is 0 Å². The summed E-state index contributed by atoms with van der Waals surface area (Å²) in [4.78, 5) is 13.0. The summed E-state index contributed by atoms with van der Waals surface area (Å²) in [6, 6.07) is 20.5. The standard InChI is InChI=1S/C26H26N6OS/c1-17-7-9-18(10-8-17)22-15-23(32(30-22)21-5-3-2-4-6-21)27-24(33)16-34-26-29-28-25(19-11-12-19)31(26)20-13-14-20/h2-10,15,19-20H,11-14,16H2,1H3,(H,27,33). The molecule has 1 N–H and O–H groups in total. The fourth-order valence-corrected chi connectivity index (χ4v) is 4.91. The summed E-state index contributed by atoms with van der Waals surface area (Å²) in [6.45, 7) is 2.06. The second-order valence-corrected chi connectivity index (χ2v) is 10.0. The summed E-state index contributed by atoms with van der Waals surface area (Å²) in [7, 11) is 0. The number of amides is 1. The lowest BCUT2D eigenvalue weighted by Crippen LogP contribution is -2.17. The molecule has 0 radical (unpaired) electrons. The number of nitrogens with zero attached hydrogens (tertiary/aromatic N) is 5. The molecule has 6 rings (SSSR count). The number of nitrogens with one attached hydrogen (secondary N) is 1. The minimum absolute atomic E-state index is 0.0872. The maximum Gasteiger partial charge on any atom is 0.236 e. The number of carbonyl (C=O) groups is 1. The van der Waals surface area contributed by atoms with Crippen LogP contribution in [0.4, 0.5) is 5.82 Å². The molecule has 2 aliphatic rings. The number of thioether (sulfide) groups is 1. The minimum atomic E-state index is -0.0872. The predicted molar refractivity (Wildman–Crippen MR) is 133 cm³/mol. The summed E-state index contributed by atoms with van der Waals surface area (Å²) in [5.74, 6) is 2.49. The highest BCUT2D eigenvalue weighted by molar-refractivity contribution is 7.99. The van der Waals surface area contributed by atoms with E-state index in [0.29, 0.717) is 17.8 Å². The molecule has 4 aromatic rings. The van der Waals surface area contributed by atoms with E-state index in [9.17, 15) is 4.79 Å². The Morgan fingerprint density at radius 1 is 1.03 bits per heavy atom. The molecule has 1 amide bonds. The normalized spacial score (nSPS) is 15.4. The summed E-state index contributed by atoms with van der Waals surface area (Å²) >= 11 is 1.46. The number of hydrogen-bond donors (Lipinski definition) is 1. The molecule has 0 aliphatic heterocycles. The molecule has 0 saturated heterocycles. The summed E-state index contributed by atoms with van der Waals surface area (Å²) in [5.41, 5.74) is 3.91. The van der Waals surface area contributed by atoms with Crippen LogP contribution < -0.4 is 5.32 Å². The van der Waals surface area contributed by atoms with Crippen molar-refractivity contribution in [2.45, 2.75) is 49.7 Å². The molecular weight excluding hydrogens is 444 g/mol. The first kappa shape index (κ1) is 21.2. The van der Waals surface area contributed by atoms with E-state index >= 15 is 0 Å². The maximum atomic E-state index is 13.0. The van der Waals surface area contributed by atoms with Gasteiger partial charge in [-0.1, -0.05) is 59.8 Å². The van der Waals surface area contributed by atoms with E-state index in [2.05, 4.69) is 51.3 Å². The van der Waals surface area contributed by atoms with Gasteiger partial charge in [-0.05, 0) is 44.7 Å². The van der Waals surface area contributed by atoms with Crippen LogP contribution in [0.5, 0.6) is 0 Å². The van der Waals surface area contributed by atoms with Gasteiger partial charge in [-0.2, -0.15) is 5.10 Å². The van der Waals surface area contributed by atoms with E-state index in [1.807, 2.05) is 36.4 Å². The molecule has 2 fully saturated rings. The summed E-state index contributed by atoms with van der Waals surface area (Å²) in [6.07, 6.45) is 4.75. The molecule has 8 heteroatoms. The monoisotopic (exact) mass is 470 g/mol. The number of aryl methyl sites for hydroxylation is 1. The van der Waals surface area contributed by atoms with Crippen LogP contribution in [0.1, 0.15) is 49.0 Å². The lowest BCUT2D eigenvalue weighted by molar-refractivity contribution is -0.113. The molecule has 7 nitrogen and oxygen atoms in total. The van der Waals surface area contributed by atoms with Crippen molar-refractivity contribution in [1.29, 1.82) is 0 Å². The molecule has 2 heterocycles. The van der Waals surface area contributed by atoms with E-state index in [1.54, 1.807) is 4.68 Å². The highest BCUT2D eigenvalue weighted by Gasteiger charge is 2.36. The van der Waals surface area contributed by atoms with Gasteiger partial charge >= 0.3 is 0 Å². The molecule has 0 spiro atoms. The Balaban J connectivity index is 1.22. The minimum Gasteiger partial charge on any atom is -0.310 e. The van der Waals surface area contributed by atoms with Crippen molar-refractivity contribution in [2.24, 2.45) is 0 Å². The topological polar surface area (TPSA) is 77.6 Å². The number of aromatic nitrogens is 5. The van der Waals surface area contributed by atoms with Crippen LogP contribution >= 0.6 is 11.8 Å². The average Bonchev–Trinajstić information content (AvgIpc) is 3.79. The van der Waals surface area contributed by atoms with Crippen LogP contribution in [-0.2, 0) is 4.79 Å². The summed E-state index contributed by atoms with van der Waals surface area (Å²) < 4.78 is 4.06. The van der Waals surface area contributed by atoms with Crippen LogP contribution in [0.2, 0.25) is 0 Å². The first-order chi connectivity index (χ1) is 16.7. The largest absolute Gasteiger partial charge is 0.310 e. The second kappa shape index (κ2) is 8.76. The van der Waals surface area contributed by atoms with Crippen molar-refractivity contribution in [3.05, 3.63) is 72.1 Å². The number of rotatable bonds is 8. The third kappa shape index (κ3) is 4.37. The molecule has 34 heavy (non-hydrogen) atoms. The van der Waals surface area contributed by atoms with E-state index in [-0.39, 0.29) is 11.7 Å². The Hall–Kier alpha value is -3.39. The van der Waals surface area contributed by atoms with Crippen LogP contribution in [0.25, 0.3) is 16.9 Å². The van der Waals surface area contributed by atoms with Crippen molar-refractivity contribution in [2.75, 3.05) is 11.1 Å². The van der Waals surface area contributed by atoms with Gasteiger partial charge in [0.25, 0.3) is 0 Å². The second-order valence-electron chi connectivity index (χ2n) is 9.08. The third-order valence-electron chi connectivity index (χ3n) is 6.20. The Bertz CT molecular complexity index is 1320. The first-order valence-corrected chi connectivity index (χ1v) is 12.7. The van der Waals surface area contributed by atoms with Crippen LogP contribution in [0, 0.1) is 6.92 Å². The zero-order valence-electron chi connectivity index (χ0n) is 19.0. The zero-order chi connectivity index (χ0) is 23.1. The molecule has 172 valence electrons. The van der Waals surface area contributed by atoms with Crippen LogP contribution in [0.15, 0.2) is 65.8 Å². The van der Waals surface area contributed by atoms with Crippen molar-refractivity contribution >= 4 is 23.5 Å². The van der Waals surface area contributed by atoms with Gasteiger partial charge in [0, 0.05) is 23.6 Å². The maximum absolute atomic E-state index is 13.0. The van der Waals surface area contributed by atoms with Gasteiger partial charge in [-0.15, -0.1) is 10.2 Å². The predicted octanol–water partition coefficient (Wildman–Crippen LogP) is 5.38. The summed E-state index contributed by atoms with van der Waals surface area (Å²) in [5, 5.41) is 17.6. The number of hydrogen-bond acceptors (Lipinski definition) is 5. The van der Waals surface area contributed by atoms with Gasteiger partial charge in [0.05, 0.1) is 17.1 Å². The number of carbonyl (C=O) groups excluding carboxylic acids is 1. The van der Waals surface area contributed by atoms with Gasteiger partial charge < -0.3 is 9.88 Å². The van der Waals surface area contributed by atoms with Crippen molar-refractivity contribution in [1.82, 2.24) is 24.5 Å². The number of para-hydroxylation sites is 1. The molecular formula is C26H26N6OS. The SMILES string of the molecule is Cc1ccc(-c2cc(NC(=O)CSc3nnc(C4CC4)n3C3CC3)n(-c3ccccc3)n2)cc1. The van der Waals surface area contributed by atoms with Gasteiger partial charge in [-0.25, -0.2) is 4.68 Å². The van der Waals surface area contributed by atoms with Crippen molar-refractivity contribution < 1.29 is 4.79 Å². The van der Waals surface area contributed by atoms with Crippen molar-refractivity contribution in [3.63, 3.8) is 0 Å². The van der Waals surface area contributed by atoms with Gasteiger partial charge in [0.2, 0.25) is 5.91 Å². The van der Waals surface area contributed by atoms with E-state index in [0.717, 1.165) is 27.9 Å². The Morgan fingerprint density at radius 2 is 1.79 bits per heavy atom. The molecule has 2 aromatic carbocycles. The Morgan fingerprint density at radius 3 is 2.50 bits per heavy atom. The van der Waals surface area contributed by atoms with E-state index in [1.165, 1.54) is 43.0 Å². The molecule has 0 bridgehead atoms. The average molecular weight is 471 g/mol. The van der Waals surface area contributed by atoms with Crippen LogP contribution in [0.3, 0.4) is 0 Å². The van der Waals surface area contributed by atoms with Gasteiger partial charge in [-0.3, -0.25) is 4.79 Å². The lowest BCUT2D eigenvalue weighted by Gasteiger charge is -2.10. The Kier molecular flexibility index (Phi) is 5.45. The molecule has 0 atom stereocenters. The van der Waals surface area contributed by atoms with Gasteiger partial charge in [0.15, 0.2) is 5.16 Å². The smallest absolute Gasteiger partial charge is 0.236 e. The van der Waals surface area contributed by atoms with E-state index in [4.69, 9.17) is 5.10 Å². The fraction of sp³-hybridized carbons (Fsp3) is 0.308.